The average Bonchev–Trinajstić information content (AvgIpc) is 3.16. The third-order valence-electron chi connectivity index (χ3n) is 3.47. The molecule has 0 saturated carbocycles. The predicted octanol–water partition coefficient (Wildman–Crippen LogP) is 3.13. The molecule has 2 aromatic heterocycles. The first kappa shape index (κ1) is 13.8. The Balaban J connectivity index is 1.75. The van der Waals surface area contributed by atoms with Crippen LogP contribution in [0.2, 0.25) is 0 Å². The maximum Gasteiger partial charge on any atom is 0.246 e. The highest BCUT2D eigenvalue weighted by molar-refractivity contribution is 7.13. The minimum absolute atomic E-state index is 0.0234. The Labute approximate surface area is 127 Å². The first-order chi connectivity index (χ1) is 10.3. The molecule has 0 radical (unpaired) electrons. The molecule has 1 unspecified atom stereocenters. The second-order valence-electron chi connectivity index (χ2n) is 4.81. The Bertz CT molecular complexity index is 640. The lowest BCUT2D eigenvalue weighted by atomic mass is 10.2. The molecule has 1 aliphatic heterocycles. The van der Waals surface area contributed by atoms with Crippen molar-refractivity contribution in [3.05, 3.63) is 48.1 Å². The van der Waals surface area contributed by atoms with Crippen molar-refractivity contribution in [1.82, 2.24) is 14.9 Å². The number of hydrogen-bond donors (Lipinski definition) is 1. The topological polar surface area (TPSA) is 58.1 Å². The molecule has 3 rings (SSSR count). The van der Waals surface area contributed by atoms with E-state index in [1.54, 1.807) is 6.20 Å². The van der Waals surface area contributed by atoms with E-state index in [1.807, 2.05) is 28.5 Å². The van der Waals surface area contributed by atoms with Crippen molar-refractivity contribution in [2.24, 2.45) is 0 Å². The Morgan fingerprint density at radius 2 is 2.43 bits per heavy atom. The number of nitrogens with zero attached hydrogens (tertiary/aromatic N) is 3. The summed E-state index contributed by atoms with van der Waals surface area (Å²) < 4.78 is 0. The summed E-state index contributed by atoms with van der Waals surface area (Å²) in [7, 11) is 0. The van der Waals surface area contributed by atoms with Crippen LogP contribution >= 0.6 is 11.3 Å². The van der Waals surface area contributed by atoms with Gasteiger partial charge < -0.3 is 10.2 Å². The average molecular weight is 300 g/mol. The molecule has 0 bridgehead atoms. The van der Waals surface area contributed by atoms with Crippen LogP contribution < -0.4 is 5.32 Å². The molecule has 1 N–H and O–H groups in total. The van der Waals surface area contributed by atoms with E-state index in [-0.39, 0.29) is 11.9 Å². The quantitative estimate of drug-likeness (QED) is 0.881. The van der Waals surface area contributed by atoms with Gasteiger partial charge >= 0.3 is 0 Å². The van der Waals surface area contributed by atoms with Crippen molar-refractivity contribution in [3.63, 3.8) is 0 Å². The molecule has 1 saturated heterocycles. The van der Waals surface area contributed by atoms with Crippen LogP contribution in [-0.4, -0.2) is 27.3 Å². The Kier molecular flexibility index (Phi) is 3.96. The van der Waals surface area contributed by atoms with Gasteiger partial charge in [-0.2, -0.15) is 0 Å². The molecule has 0 aliphatic carbocycles. The molecular weight excluding hydrogens is 284 g/mol. The number of thiazole rings is 1. The van der Waals surface area contributed by atoms with Gasteiger partial charge in [0, 0.05) is 18.1 Å². The molecule has 3 heterocycles. The van der Waals surface area contributed by atoms with Gasteiger partial charge in [-0.25, -0.2) is 9.97 Å². The lowest BCUT2D eigenvalue weighted by molar-refractivity contribution is -0.126. The smallest absolute Gasteiger partial charge is 0.246 e. The van der Waals surface area contributed by atoms with Crippen molar-refractivity contribution < 1.29 is 4.79 Å². The van der Waals surface area contributed by atoms with Crippen LogP contribution in [-0.2, 0) is 4.79 Å². The summed E-state index contributed by atoms with van der Waals surface area (Å²) in [5.74, 6) is 0.744. The minimum Gasteiger partial charge on any atom is -0.331 e. The molecule has 1 atom stereocenters. The first-order valence-corrected chi connectivity index (χ1v) is 7.72. The van der Waals surface area contributed by atoms with Crippen LogP contribution in [0.15, 0.2) is 42.4 Å². The Morgan fingerprint density at radius 3 is 3.19 bits per heavy atom. The van der Waals surface area contributed by atoms with E-state index in [4.69, 9.17) is 0 Å². The summed E-state index contributed by atoms with van der Waals surface area (Å²) in [6.07, 6.45) is 5.06. The van der Waals surface area contributed by atoms with Crippen LogP contribution in [0.5, 0.6) is 0 Å². The summed E-state index contributed by atoms with van der Waals surface area (Å²) >= 11 is 1.53. The molecule has 1 fully saturated rings. The minimum atomic E-state index is -0.0234. The largest absolute Gasteiger partial charge is 0.331 e. The molecule has 1 amide bonds. The number of anilines is 2. The molecule has 0 spiro atoms. The van der Waals surface area contributed by atoms with Gasteiger partial charge in [0.15, 0.2) is 5.13 Å². The van der Waals surface area contributed by atoms with Crippen LogP contribution in [0.25, 0.3) is 0 Å². The van der Waals surface area contributed by atoms with Crippen molar-refractivity contribution in [2.45, 2.75) is 18.9 Å². The number of carbonyl (C=O) groups is 1. The molecule has 1 aliphatic rings. The van der Waals surface area contributed by atoms with Crippen LogP contribution in [0.3, 0.4) is 0 Å². The zero-order valence-corrected chi connectivity index (χ0v) is 12.3. The van der Waals surface area contributed by atoms with Gasteiger partial charge in [0.1, 0.15) is 5.82 Å². The zero-order valence-electron chi connectivity index (χ0n) is 11.5. The number of nitrogens with one attached hydrogen (secondary N) is 1. The maximum atomic E-state index is 11.9. The fraction of sp³-hybridized carbons (Fsp3) is 0.267. The number of carbonyl (C=O) groups excluding carboxylic acids is 1. The van der Waals surface area contributed by atoms with Gasteiger partial charge in [-0.1, -0.05) is 12.6 Å². The highest BCUT2D eigenvalue weighted by Crippen LogP contribution is 2.34. The van der Waals surface area contributed by atoms with Gasteiger partial charge in [0.2, 0.25) is 5.91 Å². The maximum absolute atomic E-state index is 11.9. The van der Waals surface area contributed by atoms with Crippen LogP contribution in [0, 0.1) is 0 Å². The molecule has 6 heteroatoms. The van der Waals surface area contributed by atoms with E-state index in [0.717, 1.165) is 36.0 Å². The fourth-order valence-corrected chi connectivity index (χ4v) is 3.26. The standard InChI is InChI=1S/C15H16N4OS/c1-2-14(20)19-9-5-6-12(19)11-10-21-15(17-11)18-13-7-3-4-8-16-13/h2-4,7-8,10,12H,1,5-6,9H2,(H,16,17,18). The third-order valence-corrected chi connectivity index (χ3v) is 4.25. The Morgan fingerprint density at radius 1 is 1.52 bits per heavy atom. The highest BCUT2D eigenvalue weighted by atomic mass is 32.1. The number of hydrogen-bond acceptors (Lipinski definition) is 5. The van der Waals surface area contributed by atoms with E-state index in [1.165, 1.54) is 17.4 Å². The number of aromatic nitrogens is 2. The predicted molar refractivity (Wildman–Crippen MR) is 83.5 cm³/mol. The molecular formula is C15H16N4OS. The zero-order chi connectivity index (χ0) is 14.7. The van der Waals surface area contributed by atoms with E-state index < -0.39 is 0 Å². The van der Waals surface area contributed by atoms with Gasteiger partial charge in [-0.3, -0.25) is 4.79 Å². The van der Waals surface area contributed by atoms with Gasteiger partial charge in [0.05, 0.1) is 11.7 Å². The second-order valence-corrected chi connectivity index (χ2v) is 5.67. The monoisotopic (exact) mass is 300 g/mol. The summed E-state index contributed by atoms with van der Waals surface area (Å²) in [6.45, 7) is 4.34. The lowest BCUT2D eigenvalue weighted by Crippen LogP contribution is -2.28. The number of amides is 1. The fourth-order valence-electron chi connectivity index (χ4n) is 2.50. The number of rotatable bonds is 4. The third kappa shape index (κ3) is 2.95. The molecule has 21 heavy (non-hydrogen) atoms. The van der Waals surface area contributed by atoms with E-state index in [9.17, 15) is 4.79 Å². The van der Waals surface area contributed by atoms with Gasteiger partial charge in [0.25, 0.3) is 0 Å². The van der Waals surface area contributed by atoms with Crippen molar-refractivity contribution in [2.75, 3.05) is 11.9 Å². The normalized spacial score (nSPS) is 17.7. The lowest BCUT2D eigenvalue weighted by Gasteiger charge is -2.21. The van der Waals surface area contributed by atoms with Crippen LogP contribution in [0.4, 0.5) is 10.9 Å². The highest BCUT2D eigenvalue weighted by Gasteiger charge is 2.30. The van der Waals surface area contributed by atoms with E-state index in [0.29, 0.717) is 0 Å². The van der Waals surface area contributed by atoms with Gasteiger partial charge in [-0.15, -0.1) is 11.3 Å². The van der Waals surface area contributed by atoms with E-state index in [2.05, 4.69) is 21.9 Å². The number of pyridine rings is 1. The van der Waals surface area contributed by atoms with Gasteiger partial charge in [-0.05, 0) is 31.1 Å². The van der Waals surface area contributed by atoms with Crippen molar-refractivity contribution in [3.8, 4) is 0 Å². The summed E-state index contributed by atoms with van der Waals surface area (Å²) in [6, 6.07) is 5.75. The SMILES string of the molecule is C=CC(=O)N1CCCC1c1csc(Nc2ccccn2)n1. The second kappa shape index (κ2) is 6.05. The first-order valence-electron chi connectivity index (χ1n) is 6.84. The van der Waals surface area contributed by atoms with Crippen LogP contribution in [0.1, 0.15) is 24.6 Å². The molecule has 5 nitrogen and oxygen atoms in total. The van der Waals surface area contributed by atoms with Crippen molar-refractivity contribution in [1.29, 1.82) is 0 Å². The number of likely N-dealkylation sites (tertiary alicyclic amines) is 1. The molecule has 0 aromatic carbocycles. The van der Waals surface area contributed by atoms with E-state index >= 15 is 0 Å². The van der Waals surface area contributed by atoms with Crippen molar-refractivity contribution >= 4 is 28.2 Å². The summed E-state index contributed by atoms with van der Waals surface area (Å²) in [5, 5.41) is 5.98. The molecule has 2 aromatic rings. The molecule has 108 valence electrons. The summed E-state index contributed by atoms with van der Waals surface area (Å²) in [4.78, 5) is 22.5. The summed E-state index contributed by atoms with van der Waals surface area (Å²) in [5.41, 5.74) is 0.936. The Hall–Kier alpha value is -2.21.